The number of pyridine rings is 1. The van der Waals surface area contributed by atoms with E-state index >= 15 is 0 Å². The predicted molar refractivity (Wildman–Crippen MR) is 86.0 cm³/mol. The van der Waals surface area contributed by atoms with Crippen molar-refractivity contribution in [3.8, 4) is 0 Å². The number of piperidine rings is 1. The van der Waals surface area contributed by atoms with Crippen LogP contribution in [0.1, 0.15) is 39.5 Å². The second-order valence-electron chi connectivity index (χ2n) is 6.72. The number of rotatable bonds is 2. The molecule has 112 valence electrons. The molecule has 1 aromatic rings. The Bertz CT molecular complexity index is 578. The van der Waals surface area contributed by atoms with Crippen molar-refractivity contribution in [3.05, 3.63) is 28.8 Å². The molecule has 0 bridgehead atoms. The maximum Gasteiger partial charge on any atom is 0.227 e. The lowest BCUT2D eigenvalue weighted by molar-refractivity contribution is 0.0502. The van der Waals surface area contributed by atoms with Crippen LogP contribution in [0, 0.1) is 6.57 Å². The number of halogens is 1. The number of hydrogen-bond donors (Lipinski definition) is 1. The second kappa shape index (κ2) is 5.47. The van der Waals surface area contributed by atoms with Crippen molar-refractivity contribution in [1.82, 2.24) is 9.88 Å². The summed E-state index contributed by atoms with van der Waals surface area (Å²) in [5, 5.41) is 3.98. The largest absolute Gasteiger partial charge is 0.391 e. The fraction of sp³-hybridized carbons (Fsp3) is 0.625. The Morgan fingerprint density at radius 3 is 3.10 bits per heavy atom. The number of aromatic nitrogens is 1. The highest BCUT2D eigenvalue weighted by Crippen LogP contribution is 2.39. The summed E-state index contributed by atoms with van der Waals surface area (Å²) < 4.78 is 0. The van der Waals surface area contributed by atoms with Crippen LogP contribution in [-0.2, 0) is 0 Å². The van der Waals surface area contributed by atoms with Crippen molar-refractivity contribution in [2.24, 2.45) is 0 Å². The van der Waals surface area contributed by atoms with Gasteiger partial charge in [0.2, 0.25) is 5.69 Å². The van der Waals surface area contributed by atoms with Gasteiger partial charge in [-0.05, 0) is 52.1 Å². The molecule has 0 aliphatic carbocycles. The predicted octanol–water partition coefficient (Wildman–Crippen LogP) is 4.10. The van der Waals surface area contributed by atoms with Crippen LogP contribution >= 0.6 is 11.6 Å². The molecule has 0 amide bonds. The normalized spacial score (nSPS) is 27.9. The first kappa shape index (κ1) is 14.6. The third-order valence-corrected chi connectivity index (χ3v) is 4.99. The summed E-state index contributed by atoms with van der Waals surface area (Å²) in [5.41, 5.74) is 1.58. The van der Waals surface area contributed by atoms with Crippen molar-refractivity contribution in [3.63, 3.8) is 0 Å². The Morgan fingerprint density at radius 2 is 2.33 bits per heavy atom. The first-order chi connectivity index (χ1) is 9.99. The van der Waals surface area contributed by atoms with Gasteiger partial charge in [-0.2, -0.15) is 0 Å². The van der Waals surface area contributed by atoms with E-state index in [1.807, 2.05) is 0 Å². The molecule has 5 heteroatoms. The van der Waals surface area contributed by atoms with Crippen molar-refractivity contribution >= 4 is 23.0 Å². The third kappa shape index (κ3) is 2.86. The Hall–Kier alpha value is -1.31. The summed E-state index contributed by atoms with van der Waals surface area (Å²) in [6, 6.07) is 2.82. The van der Waals surface area contributed by atoms with Crippen molar-refractivity contribution in [2.45, 2.75) is 57.2 Å². The summed E-state index contributed by atoms with van der Waals surface area (Å²) in [6.07, 6.45) is 6.36. The Balaban J connectivity index is 1.80. The summed E-state index contributed by atoms with van der Waals surface area (Å²) in [5.74, 6) is 0. The van der Waals surface area contributed by atoms with Crippen LogP contribution in [0.2, 0.25) is 5.15 Å². The zero-order chi connectivity index (χ0) is 15.0. The van der Waals surface area contributed by atoms with Gasteiger partial charge in [0.25, 0.3) is 0 Å². The molecule has 0 saturated carbocycles. The van der Waals surface area contributed by atoms with Crippen LogP contribution < -0.4 is 5.32 Å². The average Bonchev–Trinajstić information content (AvgIpc) is 2.87. The fourth-order valence-corrected chi connectivity index (χ4v) is 4.12. The Kier molecular flexibility index (Phi) is 3.81. The quantitative estimate of drug-likeness (QED) is 0.659. The fourth-order valence-electron chi connectivity index (χ4n) is 3.97. The summed E-state index contributed by atoms with van der Waals surface area (Å²) >= 11 is 5.97. The topological polar surface area (TPSA) is 32.5 Å². The van der Waals surface area contributed by atoms with E-state index in [4.69, 9.17) is 18.2 Å². The van der Waals surface area contributed by atoms with E-state index in [-0.39, 0.29) is 5.54 Å². The van der Waals surface area contributed by atoms with Gasteiger partial charge in [-0.15, -0.1) is 0 Å². The Labute approximate surface area is 131 Å². The van der Waals surface area contributed by atoms with Crippen LogP contribution in [0.3, 0.4) is 0 Å². The van der Waals surface area contributed by atoms with Gasteiger partial charge in [0.15, 0.2) is 0 Å². The van der Waals surface area contributed by atoms with E-state index < -0.39 is 0 Å². The van der Waals surface area contributed by atoms with Gasteiger partial charge in [-0.3, -0.25) is 9.88 Å². The molecule has 2 aliphatic heterocycles. The lowest BCUT2D eigenvalue weighted by atomic mass is 9.83. The van der Waals surface area contributed by atoms with Crippen LogP contribution in [0.5, 0.6) is 0 Å². The highest BCUT2D eigenvalue weighted by molar-refractivity contribution is 6.29. The maximum atomic E-state index is 7.26. The van der Waals surface area contributed by atoms with E-state index in [2.05, 4.69) is 33.9 Å². The number of nitrogens with one attached hydrogen (secondary N) is 1. The van der Waals surface area contributed by atoms with E-state index in [0.717, 1.165) is 18.5 Å². The lowest BCUT2D eigenvalue weighted by Crippen LogP contribution is -2.55. The number of fused-ring (bicyclic) bond motifs is 1. The number of hydrogen-bond acceptors (Lipinski definition) is 3. The van der Waals surface area contributed by atoms with Crippen molar-refractivity contribution in [1.29, 1.82) is 0 Å². The van der Waals surface area contributed by atoms with Gasteiger partial charge in [-0.25, -0.2) is 4.85 Å². The third-order valence-electron chi connectivity index (χ3n) is 4.79. The molecule has 0 unspecified atom stereocenters. The molecule has 3 heterocycles. The van der Waals surface area contributed by atoms with Crippen molar-refractivity contribution < 1.29 is 0 Å². The molecule has 2 fully saturated rings. The minimum Gasteiger partial charge on any atom is -0.391 e. The smallest absolute Gasteiger partial charge is 0.227 e. The SMILES string of the molecule is [C-]#[N+]c1cnc(Cl)cc1N[C@@H]1C[C@@H]2CCCN2C(C)(C)C1. The second-order valence-corrected chi connectivity index (χ2v) is 7.11. The average molecular weight is 305 g/mol. The molecule has 0 aromatic carbocycles. The van der Waals surface area contributed by atoms with Gasteiger partial charge in [-0.1, -0.05) is 11.6 Å². The summed E-state index contributed by atoms with van der Waals surface area (Å²) in [7, 11) is 0. The Morgan fingerprint density at radius 1 is 1.52 bits per heavy atom. The van der Waals surface area contributed by atoms with Gasteiger partial charge in [0.05, 0.1) is 6.57 Å². The standard InChI is InChI=1S/C16H21ClN4/c1-16(2)9-11(7-12-5-4-6-21(12)16)20-13-8-15(17)19-10-14(13)18-3/h8,10-12H,4-7,9H2,1-2H3,(H,19,20)/t11-,12+/m1/s1. The molecule has 2 aliphatic rings. The minimum absolute atomic E-state index is 0.214. The highest BCUT2D eigenvalue weighted by Gasteiger charge is 2.42. The van der Waals surface area contributed by atoms with Gasteiger partial charge in [0, 0.05) is 29.5 Å². The first-order valence-corrected chi connectivity index (χ1v) is 7.94. The van der Waals surface area contributed by atoms with E-state index in [0.29, 0.717) is 22.9 Å². The molecule has 0 radical (unpaired) electrons. The molecule has 2 atom stereocenters. The van der Waals surface area contributed by atoms with Crippen molar-refractivity contribution in [2.75, 3.05) is 11.9 Å². The molecule has 21 heavy (non-hydrogen) atoms. The molecule has 2 saturated heterocycles. The lowest BCUT2D eigenvalue weighted by Gasteiger charge is -2.48. The highest BCUT2D eigenvalue weighted by atomic mass is 35.5. The van der Waals surface area contributed by atoms with Crippen LogP contribution in [0.15, 0.2) is 12.3 Å². The molecular weight excluding hydrogens is 284 g/mol. The molecule has 3 rings (SSSR count). The first-order valence-electron chi connectivity index (χ1n) is 7.56. The zero-order valence-corrected chi connectivity index (χ0v) is 13.3. The minimum atomic E-state index is 0.214. The van der Waals surface area contributed by atoms with Gasteiger partial charge < -0.3 is 5.32 Å². The van der Waals surface area contributed by atoms with Crippen LogP contribution in [0.25, 0.3) is 4.85 Å². The number of nitrogens with zero attached hydrogens (tertiary/aromatic N) is 3. The molecule has 4 nitrogen and oxygen atoms in total. The van der Waals surface area contributed by atoms with Crippen LogP contribution in [-0.4, -0.2) is 34.1 Å². The molecule has 0 spiro atoms. The van der Waals surface area contributed by atoms with E-state index in [9.17, 15) is 0 Å². The summed E-state index contributed by atoms with van der Waals surface area (Å²) in [6.45, 7) is 13.1. The molecule has 1 aromatic heterocycles. The van der Waals surface area contributed by atoms with Crippen LogP contribution in [0.4, 0.5) is 11.4 Å². The monoisotopic (exact) mass is 304 g/mol. The number of anilines is 1. The maximum absolute atomic E-state index is 7.26. The van der Waals surface area contributed by atoms with E-state index in [1.165, 1.54) is 19.4 Å². The molecular formula is C16H21ClN4. The zero-order valence-electron chi connectivity index (χ0n) is 12.6. The van der Waals surface area contributed by atoms with Gasteiger partial charge >= 0.3 is 0 Å². The van der Waals surface area contributed by atoms with Gasteiger partial charge in [0.1, 0.15) is 5.15 Å². The molecule has 1 N–H and O–H groups in total. The van der Waals surface area contributed by atoms with E-state index in [1.54, 1.807) is 12.3 Å². The summed E-state index contributed by atoms with van der Waals surface area (Å²) in [4.78, 5) is 10.2.